The zero-order valence-electron chi connectivity index (χ0n) is 9.02. The molecular weight excluding hydrogens is 186 g/mol. The fourth-order valence-electron chi connectivity index (χ4n) is 2.68. The van der Waals surface area contributed by atoms with E-state index < -0.39 is 0 Å². The first-order valence-corrected chi connectivity index (χ1v) is 5.80. The highest BCUT2D eigenvalue weighted by molar-refractivity contribution is 5.30. The van der Waals surface area contributed by atoms with Crippen molar-refractivity contribution in [3.63, 3.8) is 0 Å². The molecule has 15 heavy (non-hydrogen) atoms. The number of benzene rings is 1. The summed E-state index contributed by atoms with van der Waals surface area (Å²) < 4.78 is 0. The summed E-state index contributed by atoms with van der Waals surface area (Å²) in [5, 5.41) is 9.47. The molecule has 1 aliphatic rings. The fraction of sp³-hybridized carbons (Fsp3) is 0.538. The molecule has 2 atom stereocenters. The van der Waals surface area contributed by atoms with E-state index in [1.807, 2.05) is 12.1 Å². The molecule has 2 nitrogen and oxygen atoms in total. The van der Waals surface area contributed by atoms with Crippen LogP contribution in [0, 0.1) is 5.92 Å². The molecule has 0 aliphatic heterocycles. The topological polar surface area (TPSA) is 46.2 Å². The lowest BCUT2D eigenvalue weighted by Gasteiger charge is -2.31. The zero-order chi connectivity index (χ0) is 10.7. The number of rotatable bonds is 2. The van der Waals surface area contributed by atoms with Gasteiger partial charge in [0.05, 0.1) is 0 Å². The highest BCUT2D eigenvalue weighted by Crippen LogP contribution is 2.37. The largest absolute Gasteiger partial charge is 0.508 e. The van der Waals surface area contributed by atoms with Crippen LogP contribution in [-0.2, 0) is 0 Å². The number of hydrogen-bond acceptors (Lipinski definition) is 2. The Bertz CT molecular complexity index is 324. The highest BCUT2D eigenvalue weighted by Gasteiger charge is 2.25. The van der Waals surface area contributed by atoms with Crippen LogP contribution in [0.5, 0.6) is 5.75 Å². The van der Waals surface area contributed by atoms with E-state index in [9.17, 15) is 5.11 Å². The van der Waals surface area contributed by atoms with E-state index in [4.69, 9.17) is 5.73 Å². The SMILES string of the molecule is NC[C@H]1CCCC[C@H]1c1cccc(O)c1. The average molecular weight is 205 g/mol. The number of nitrogens with two attached hydrogens (primary N) is 1. The van der Waals surface area contributed by atoms with Gasteiger partial charge in [0.1, 0.15) is 5.75 Å². The van der Waals surface area contributed by atoms with Gasteiger partial charge in [0, 0.05) is 0 Å². The zero-order valence-corrected chi connectivity index (χ0v) is 9.02. The van der Waals surface area contributed by atoms with Gasteiger partial charge in [-0.05, 0) is 48.9 Å². The molecule has 0 bridgehead atoms. The molecule has 0 radical (unpaired) electrons. The van der Waals surface area contributed by atoms with Crippen molar-refractivity contribution in [3.8, 4) is 5.75 Å². The minimum Gasteiger partial charge on any atom is -0.508 e. The van der Waals surface area contributed by atoms with Gasteiger partial charge in [-0.15, -0.1) is 0 Å². The van der Waals surface area contributed by atoms with Crippen molar-refractivity contribution < 1.29 is 5.11 Å². The van der Waals surface area contributed by atoms with Gasteiger partial charge in [0.15, 0.2) is 0 Å². The predicted molar refractivity (Wildman–Crippen MR) is 61.9 cm³/mol. The molecule has 0 spiro atoms. The summed E-state index contributed by atoms with van der Waals surface area (Å²) in [6.07, 6.45) is 5.04. The van der Waals surface area contributed by atoms with Gasteiger partial charge in [-0.2, -0.15) is 0 Å². The minimum absolute atomic E-state index is 0.369. The van der Waals surface area contributed by atoms with Gasteiger partial charge in [0.25, 0.3) is 0 Å². The molecule has 2 heteroatoms. The molecule has 0 heterocycles. The maximum absolute atomic E-state index is 9.47. The van der Waals surface area contributed by atoms with Crippen molar-refractivity contribution in [2.24, 2.45) is 11.7 Å². The number of aromatic hydroxyl groups is 1. The van der Waals surface area contributed by atoms with Gasteiger partial charge >= 0.3 is 0 Å². The summed E-state index contributed by atoms with van der Waals surface area (Å²) in [6, 6.07) is 7.65. The molecule has 1 saturated carbocycles. The summed E-state index contributed by atoms with van der Waals surface area (Å²) in [7, 11) is 0. The van der Waals surface area contributed by atoms with Gasteiger partial charge in [0.2, 0.25) is 0 Å². The Morgan fingerprint density at radius 3 is 2.80 bits per heavy atom. The predicted octanol–water partition coefficient (Wildman–Crippen LogP) is 2.62. The molecule has 0 aromatic heterocycles. The van der Waals surface area contributed by atoms with Crippen LogP contribution in [0.1, 0.15) is 37.2 Å². The van der Waals surface area contributed by atoms with Gasteiger partial charge in [-0.25, -0.2) is 0 Å². The van der Waals surface area contributed by atoms with Crippen LogP contribution in [0.2, 0.25) is 0 Å². The standard InChI is InChI=1S/C13H19NO/c14-9-11-4-1-2-7-13(11)10-5-3-6-12(15)8-10/h3,5-6,8,11,13,15H,1-2,4,7,9,14H2/t11-,13+/m1/s1. The second kappa shape index (κ2) is 4.67. The quantitative estimate of drug-likeness (QED) is 0.779. The third-order valence-corrected chi connectivity index (χ3v) is 3.51. The number of phenolic OH excluding ortho intramolecular Hbond substituents is 1. The summed E-state index contributed by atoms with van der Waals surface area (Å²) in [5.74, 6) is 1.52. The fourth-order valence-corrected chi connectivity index (χ4v) is 2.68. The Hall–Kier alpha value is -1.02. The number of hydrogen-bond donors (Lipinski definition) is 2. The van der Waals surface area contributed by atoms with E-state index in [1.165, 1.54) is 31.2 Å². The van der Waals surface area contributed by atoms with Crippen molar-refractivity contribution in [1.29, 1.82) is 0 Å². The Labute approximate surface area is 91.1 Å². The summed E-state index contributed by atoms with van der Waals surface area (Å²) in [5.41, 5.74) is 7.06. The van der Waals surface area contributed by atoms with E-state index in [2.05, 4.69) is 6.07 Å². The Balaban J connectivity index is 2.20. The van der Waals surface area contributed by atoms with Crippen molar-refractivity contribution >= 4 is 0 Å². The van der Waals surface area contributed by atoms with Crippen LogP contribution in [-0.4, -0.2) is 11.7 Å². The molecule has 1 aromatic carbocycles. The molecule has 0 amide bonds. The highest BCUT2D eigenvalue weighted by atomic mass is 16.3. The monoisotopic (exact) mass is 205 g/mol. The second-order valence-electron chi connectivity index (χ2n) is 4.48. The van der Waals surface area contributed by atoms with Crippen molar-refractivity contribution in [3.05, 3.63) is 29.8 Å². The van der Waals surface area contributed by atoms with Gasteiger partial charge in [-0.1, -0.05) is 25.0 Å². The molecule has 1 aromatic rings. The van der Waals surface area contributed by atoms with E-state index in [0.717, 1.165) is 6.54 Å². The molecule has 0 saturated heterocycles. The van der Waals surface area contributed by atoms with Crippen LogP contribution in [0.3, 0.4) is 0 Å². The normalized spacial score (nSPS) is 26.5. The average Bonchev–Trinajstić information content (AvgIpc) is 2.29. The van der Waals surface area contributed by atoms with Crippen LogP contribution in [0.25, 0.3) is 0 Å². The van der Waals surface area contributed by atoms with Crippen LogP contribution in [0.4, 0.5) is 0 Å². The van der Waals surface area contributed by atoms with Crippen molar-refractivity contribution in [2.75, 3.05) is 6.54 Å². The van der Waals surface area contributed by atoms with Gasteiger partial charge < -0.3 is 10.8 Å². The third-order valence-electron chi connectivity index (χ3n) is 3.51. The molecular formula is C13H19NO. The lowest BCUT2D eigenvalue weighted by Crippen LogP contribution is -2.25. The summed E-state index contributed by atoms with van der Waals surface area (Å²) in [4.78, 5) is 0. The molecule has 82 valence electrons. The van der Waals surface area contributed by atoms with E-state index in [1.54, 1.807) is 6.07 Å². The minimum atomic E-state index is 0.369. The second-order valence-corrected chi connectivity index (χ2v) is 4.48. The maximum Gasteiger partial charge on any atom is 0.115 e. The van der Waals surface area contributed by atoms with Crippen LogP contribution < -0.4 is 5.73 Å². The van der Waals surface area contributed by atoms with Crippen molar-refractivity contribution in [1.82, 2.24) is 0 Å². The lowest BCUT2D eigenvalue weighted by atomic mass is 9.75. The van der Waals surface area contributed by atoms with Crippen molar-refractivity contribution in [2.45, 2.75) is 31.6 Å². The Morgan fingerprint density at radius 1 is 1.27 bits per heavy atom. The van der Waals surface area contributed by atoms with E-state index >= 15 is 0 Å². The first kappa shape index (κ1) is 10.5. The summed E-state index contributed by atoms with van der Waals surface area (Å²) in [6.45, 7) is 0.764. The van der Waals surface area contributed by atoms with E-state index in [-0.39, 0.29) is 0 Å². The third kappa shape index (κ3) is 2.32. The van der Waals surface area contributed by atoms with Gasteiger partial charge in [-0.3, -0.25) is 0 Å². The smallest absolute Gasteiger partial charge is 0.115 e. The lowest BCUT2D eigenvalue weighted by molar-refractivity contribution is 0.313. The first-order valence-electron chi connectivity index (χ1n) is 5.80. The number of phenols is 1. The van der Waals surface area contributed by atoms with Crippen LogP contribution in [0.15, 0.2) is 24.3 Å². The summed E-state index contributed by atoms with van der Waals surface area (Å²) >= 11 is 0. The first-order chi connectivity index (χ1) is 7.31. The molecule has 3 N–H and O–H groups in total. The molecule has 0 unspecified atom stereocenters. The Kier molecular flexibility index (Phi) is 3.27. The van der Waals surface area contributed by atoms with Crippen LogP contribution >= 0.6 is 0 Å². The van der Waals surface area contributed by atoms with E-state index in [0.29, 0.717) is 17.6 Å². The Morgan fingerprint density at radius 2 is 2.07 bits per heavy atom. The maximum atomic E-state index is 9.47. The molecule has 1 aliphatic carbocycles. The molecule has 1 fully saturated rings. The molecule has 2 rings (SSSR count).